The number of anilines is 1. The summed E-state index contributed by atoms with van der Waals surface area (Å²) in [5.41, 5.74) is 3.20. The van der Waals surface area contributed by atoms with Gasteiger partial charge in [-0.15, -0.1) is 11.8 Å². The number of thioether (sulfide) groups is 1. The number of aryl methyl sites for hydroxylation is 2. The van der Waals surface area contributed by atoms with E-state index in [0.717, 1.165) is 16.5 Å². The number of halogens is 1. The highest BCUT2D eigenvalue weighted by Gasteiger charge is 2.07. The van der Waals surface area contributed by atoms with Crippen LogP contribution in [0.4, 0.5) is 10.5 Å². The number of rotatable bonds is 6. The molecule has 3 nitrogen and oxygen atoms in total. The number of hydrogen-bond donors (Lipinski definition) is 2. The second-order valence-electron chi connectivity index (χ2n) is 6.00. The number of nitrogens with one attached hydrogen (secondary N) is 2. The fourth-order valence-electron chi connectivity index (χ4n) is 2.09. The quantitative estimate of drug-likeness (QED) is 0.665. The summed E-state index contributed by atoms with van der Waals surface area (Å²) in [4.78, 5) is 13.2. The molecule has 0 saturated carbocycles. The number of amides is 2. The largest absolute Gasteiger partial charge is 0.338 e. The fraction of sp³-hybridized carbons (Fsp3) is 0.316. The molecule has 0 bridgehead atoms. The molecule has 2 rings (SSSR count). The maximum Gasteiger partial charge on any atom is 0.319 e. The van der Waals surface area contributed by atoms with E-state index >= 15 is 0 Å². The maximum atomic E-state index is 12.0. The van der Waals surface area contributed by atoms with Gasteiger partial charge in [0.25, 0.3) is 0 Å². The van der Waals surface area contributed by atoms with Crippen LogP contribution in [-0.2, 0) is 0 Å². The van der Waals surface area contributed by atoms with E-state index in [-0.39, 0.29) is 6.03 Å². The number of urea groups is 1. The van der Waals surface area contributed by atoms with E-state index in [4.69, 9.17) is 11.6 Å². The standard InChI is InChI=1S/C19H23ClN2OS/c1-13(12-24-18-8-5-16(20)6-9-18)11-21-19(23)22-17-7-4-14(2)15(3)10-17/h4-10,13H,11-12H2,1-3H3,(H2,21,22,23). The molecule has 0 radical (unpaired) electrons. The lowest BCUT2D eigenvalue weighted by Crippen LogP contribution is -2.33. The first-order valence-corrected chi connectivity index (χ1v) is 9.31. The van der Waals surface area contributed by atoms with Crippen molar-refractivity contribution in [3.05, 3.63) is 58.6 Å². The first-order valence-electron chi connectivity index (χ1n) is 7.94. The molecule has 2 aromatic carbocycles. The zero-order chi connectivity index (χ0) is 17.5. The van der Waals surface area contributed by atoms with Gasteiger partial charge in [-0.2, -0.15) is 0 Å². The Morgan fingerprint density at radius 2 is 1.83 bits per heavy atom. The van der Waals surface area contributed by atoms with Gasteiger partial charge in [-0.3, -0.25) is 0 Å². The lowest BCUT2D eigenvalue weighted by molar-refractivity contribution is 0.251. The SMILES string of the molecule is Cc1ccc(NC(=O)NCC(C)CSc2ccc(Cl)cc2)cc1C. The van der Waals surface area contributed by atoms with Crippen LogP contribution in [0.3, 0.4) is 0 Å². The number of carbonyl (C=O) groups excluding carboxylic acids is 1. The van der Waals surface area contributed by atoms with E-state index < -0.39 is 0 Å². The van der Waals surface area contributed by atoms with E-state index in [0.29, 0.717) is 12.5 Å². The summed E-state index contributed by atoms with van der Waals surface area (Å²) in [6.45, 7) is 6.85. The minimum absolute atomic E-state index is 0.165. The molecule has 1 unspecified atom stereocenters. The topological polar surface area (TPSA) is 41.1 Å². The van der Waals surface area contributed by atoms with E-state index in [1.54, 1.807) is 11.8 Å². The van der Waals surface area contributed by atoms with Crippen LogP contribution >= 0.6 is 23.4 Å². The number of hydrogen-bond acceptors (Lipinski definition) is 2. The minimum Gasteiger partial charge on any atom is -0.338 e. The highest BCUT2D eigenvalue weighted by Crippen LogP contribution is 2.22. The van der Waals surface area contributed by atoms with Gasteiger partial charge in [-0.05, 0) is 67.3 Å². The minimum atomic E-state index is -0.165. The smallest absolute Gasteiger partial charge is 0.319 e. The van der Waals surface area contributed by atoms with Crippen LogP contribution in [0.1, 0.15) is 18.1 Å². The Labute approximate surface area is 153 Å². The van der Waals surface area contributed by atoms with E-state index in [9.17, 15) is 4.79 Å². The molecule has 2 amide bonds. The van der Waals surface area contributed by atoms with Crippen molar-refractivity contribution in [2.24, 2.45) is 5.92 Å². The molecule has 0 spiro atoms. The van der Waals surface area contributed by atoms with Gasteiger partial charge in [0.2, 0.25) is 0 Å². The van der Waals surface area contributed by atoms with E-state index in [1.165, 1.54) is 16.0 Å². The van der Waals surface area contributed by atoms with Crippen LogP contribution in [0.25, 0.3) is 0 Å². The van der Waals surface area contributed by atoms with Crippen molar-refractivity contribution >= 4 is 35.1 Å². The molecule has 5 heteroatoms. The molecule has 0 heterocycles. The molecule has 0 aliphatic heterocycles. The van der Waals surface area contributed by atoms with Crippen molar-refractivity contribution in [3.8, 4) is 0 Å². The summed E-state index contributed by atoms with van der Waals surface area (Å²) in [5, 5.41) is 6.55. The second kappa shape index (κ2) is 9.00. The normalized spacial score (nSPS) is 11.8. The summed E-state index contributed by atoms with van der Waals surface area (Å²) in [7, 11) is 0. The molecule has 0 fully saturated rings. The van der Waals surface area contributed by atoms with Crippen molar-refractivity contribution < 1.29 is 4.79 Å². The Hall–Kier alpha value is -1.65. The van der Waals surface area contributed by atoms with Crippen molar-refractivity contribution in [2.75, 3.05) is 17.6 Å². The van der Waals surface area contributed by atoms with Crippen molar-refractivity contribution in [3.63, 3.8) is 0 Å². The van der Waals surface area contributed by atoms with Crippen LogP contribution in [0.2, 0.25) is 5.02 Å². The highest BCUT2D eigenvalue weighted by molar-refractivity contribution is 7.99. The predicted octanol–water partition coefficient (Wildman–Crippen LogP) is 5.51. The summed E-state index contributed by atoms with van der Waals surface area (Å²) >= 11 is 7.65. The Morgan fingerprint density at radius 1 is 1.12 bits per heavy atom. The van der Waals surface area contributed by atoms with Gasteiger partial charge < -0.3 is 10.6 Å². The molecular weight excluding hydrogens is 340 g/mol. The molecular formula is C19H23ClN2OS. The Balaban J connectivity index is 1.72. The molecule has 2 N–H and O–H groups in total. The summed E-state index contributed by atoms with van der Waals surface area (Å²) < 4.78 is 0. The third-order valence-electron chi connectivity index (χ3n) is 3.72. The van der Waals surface area contributed by atoms with Gasteiger partial charge in [0, 0.05) is 27.9 Å². The van der Waals surface area contributed by atoms with Gasteiger partial charge in [-0.25, -0.2) is 4.79 Å². The molecule has 0 aromatic heterocycles. The summed E-state index contributed by atoms with van der Waals surface area (Å²) in [6, 6.07) is 13.6. The lowest BCUT2D eigenvalue weighted by Gasteiger charge is -2.13. The van der Waals surface area contributed by atoms with Crippen molar-refractivity contribution in [2.45, 2.75) is 25.7 Å². The molecule has 1 atom stereocenters. The maximum absolute atomic E-state index is 12.0. The van der Waals surface area contributed by atoms with Gasteiger partial charge in [0.15, 0.2) is 0 Å². The van der Waals surface area contributed by atoms with E-state index in [1.807, 2.05) is 49.4 Å². The average Bonchev–Trinajstić information content (AvgIpc) is 2.56. The van der Waals surface area contributed by atoms with Crippen LogP contribution in [0, 0.1) is 19.8 Å². The Morgan fingerprint density at radius 3 is 2.50 bits per heavy atom. The van der Waals surface area contributed by atoms with E-state index in [2.05, 4.69) is 24.5 Å². The van der Waals surface area contributed by atoms with Crippen molar-refractivity contribution in [1.82, 2.24) is 5.32 Å². The molecule has 0 saturated heterocycles. The molecule has 0 aliphatic carbocycles. The van der Waals surface area contributed by atoms with Gasteiger partial charge in [-0.1, -0.05) is 24.6 Å². The number of carbonyl (C=O) groups is 1. The van der Waals surface area contributed by atoms with Gasteiger partial charge >= 0.3 is 6.03 Å². The molecule has 24 heavy (non-hydrogen) atoms. The predicted molar refractivity (Wildman–Crippen MR) is 104 cm³/mol. The van der Waals surface area contributed by atoms with Gasteiger partial charge in [0.1, 0.15) is 0 Å². The lowest BCUT2D eigenvalue weighted by atomic mass is 10.1. The fourth-order valence-corrected chi connectivity index (χ4v) is 3.14. The molecule has 128 valence electrons. The van der Waals surface area contributed by atoms with Crippen LogP contribution in [0.5, 0.6) is 0 Å². The van der Waals surface area contributed by atoms with Crippen LogP contribution in [-0.4, -0.2) is 18.3 Å². The first kappa shape index (κ1) is 18.7. The summed E-state index contributed by atoms with van der Waals surface area (Å²) in [6.07, 6.45) is 0. The highest BCUT2D eigenvalue weighted by atomic mass is 35.5. The van der Waals surface area contributed by atoms with Crippen LogP contribution in [0.15, 0.2) is 47.4 Å². The van der Waals surface area contributed by atoms with Crippen LogP contribution < -0.4 is 10.6 Å². The third kappa shape index (κ3) is 6.10. The average molecular weight is 363 g/mol. The monoisotopic (exact) mass is 362 g/mol. The number of benzene rings is 2. The van der Waals surface area contributed by atoms with Crippen molar-refractivity contribution in [1.29, 1.82) is 0 Å². The first-order chi connectivity index (χ1) is 11.4. The summed E-state index contributed by atoms with van der Waals surface area (Å²) in [5.74, 6) is 1.31. The molecule has 2 aromatic rings. The Bertz CT molecular complexity index is 688. The van der Waals surface area contributed by atoms with Gasteiger partial charge in [0.05, 0.1) is 0 Å². The third-order valence-corrected chi connectivity index (χ3v) is 5.32. The molecule has 0 aliphatic rings. The zero-order valence-electron chi connectivity index (χ0n) is 14.2. The zero-order valence-corrected chi connectivity index (χ0v) is 15.8. The Kier molecular flexibility index (Phi) is 7.00. The second-order valence-corrected chi connectivity index (χ2v) is 7.53.